The maximum absolute atomic E-state index is 5.83. The predicted molar refractivity (Wildman–Crippen MR) is 58.9 cm³/mol. The Labute approximate surface area is 87.2 Å². The first kappa shape index (κ1) is 12.0. The lowest BCUT2D eigenvalue weighted by atomic mass is 10.0. The van der Waals surface area contributed by atoms with Crippen molar-refractivity contribution in [3.05, 3.63) is 0 Å². The summed E-state index contributed by atoms with van der Waals surface area (Å²) in [6, 6.07) is 0.0605. The van der Waals surface area contributed by atoms with Gasteiger partial charge in [0.25, 0.3) is 0 Å². The van der Waals surface area contributed by atoms with E-state index in [1.807, 2.05) is 20.8 Å². The van der Waals surface area contributed by atoms with Gasteiger partial charge >= 0.3 is 0 Å². The van der Waals surface area contributed by atoms with E-state index in [0.29, 0.717) is 11.3 Å². The summed E-state index contributed by atoms with van der Waals surface area (Å²) in [5.74, 6) is 0.630. The van der Waals surface area contributed by atoms with Crippen LogP contribution in [-0.2, 0) is 4.74 Å². The second-order valence-corrected chi connectivity index (χ2v) is 5.46. The molecule has 4 N–H and O–H groups in total. The molecule has 3 unspecified atom stereocenters. The van der Waals surface area contributed by atoms with Crippen molar-refractivity contribution in [2.45, 2.75) is 45.8 Å². The van der Waals surface area contributed by atoms with Crippen LogP contribution in [0.15, 0.2) is 0 Å². The van der Waals surface area contributed by atoms with E-state index in [1.54, 1.807) is 0 Å². The molecule has 0 aromatic heterocycles. The topological polar surface area (TPSA) is 61.3 Å². The molecule has 0 aromatic rings. The van der Waals surface area contributed by atoms with Crippen LogP contribution in [0.2, 0.25) is 0 Å². The van der Waals surface area contributed by atoms with Gasteiger partial charge in [0.2, 0.25) is 0 Å². The van der Waals surface area contributed by atoms with E-state index in [9.17, 15) is 0 Å². The normalized spacial score (nSPS) is 34.3. The molecule has 1 aliphatic rings. The van der Waals surface area contributed by atoms with Gasteiger partial charge in [0, 0.05) is 6.04 Å². The van der Waals surface area contributed by atoms with Gasteiger partial charge in [-0.2, -0.15) is 0 Å². The van der Waals surface area contributed by atoms with Crippen LogP contribution in [0.1, 0.15) is 34.1 Å². The minimum Gasteiger partial charge on any atom is -0.374 e. The van der Waals surface area contributed by atoms with Gasteiger partial charge in [-0.25, -0.2) is 0 Å². The molecule has 14 heavy (non-hydrogen) atoms. The summed E-state index contributed by atoms with van der Waals surface area (Å²) in [6.07, 6.45) is 1.19. The summed E-state index contributed by atoms with van der Waals surface area (Å²) in [7, 11) is 0. The van der Waals surface area contributed by atoms with Gasteiger partial charge < -0.3 is 16.2 Å². The van der Waals surface area contributed by atoms with Crippen LogP contribution in [0.5, 0.6) is 0 Å². The summed E-state index contributed by atoms with van der Waals surface area (Å²) >= 11 is 0. The maximum Gasteiger partial charge on any atom is 0.0774 e. The fraction of sp³-hybridized carbons (Fsp3) is 1.00. The Kier molecular flexibility index (Phi) is 3.24. The SMILES string of the molecule is CC(N)C(C)(C)OCC1CC1(C)CN. The van der Waals surface area contributed by atoms with Crippen LogP contribution in [0.3, 0.4) is 0 Å². The summed E-state index contributed by atoms with van der Waals surface area (Å²) in [5, 5.41) is 0. The standard InChI is InChI=1S/C11H24N2O/c1-8(13)10(2,3)14-6-9-5-11(9,4)7-12/h8-9H,5-7,12-13H2,1-4H3. The largest absolute Gasteiger partial charge is 0.374 e. The highest BCUT2D eigenvalue weighted by molar-refractivity contribution is 4.99. The Morgan fingerprint density at radius 3 is 2.50 bits per heavy atom. The summed E-state index contributed by atoms with van der Waals surface area (Å²) < 4.78 is 5.83. The highest BCUT2D eigenvalue weighted by atomic mass is 16.5. The average molecular weight is 200 g/mol. The fourth-order valence-corrected chi connectivity index (χ4v) is 1.46. The second kappa shape index (κ2) is 3.80. The van der Waals surface area contributed by atoms with Gasteiger partial charge in [-0.05, 0) is 45.1 Å². The zero-order chi connectivity index (χ0) is 11.0. The lowest BCUT2D eigenvalue weighted by Crippen LogP contribution is -2.43. The Bertz CT molecular complexity index is 203. The highest BCUT2D eigenvalue weighted by Gasteiger charge is 2.49. The van der Waals surface area contributed by atoms with Crippen molar-refractivity contribution < 1.29 is 4.74 Å². The number of nitrogens with two attached hydrogens (primary N) is 2. The molecule has 1 rings (SSSR count). The van der Waals surface area contributed by atoms with Gasteiger partial charge in [-0.15, -0.1) is 0 Å². The molecule has 0 amide bonds. The van der Waals surface area contributed by atoms with Crippen molar-refractivity contribution >= 4 is 0 Å². The van der Waals surface area contributed by atoms with Crippen LogP contribution in [0.25, 0.3) is 0 Å². The molecule has 0 radical (unpaired) electrons. The minimum atomic E-state index is -0.224. The first-order valence-corrected chi connectivity index (χ1v) is 5.41. The minimum absolute atomic E-state index is 0.0605. The molecule has 1 fully saturated rings. The number of hydrogen-bond acceptors (Lipinski definition) is 3. The molecule has 1 aliphatic carbocycles. The average Bonchev–Trinajstić information content (AvgIpc) is 2.75. The molecule has 0 bridgehead atoms. The van der Waals surface area contributed by atoms with Crippen LogP contribution >= 0.6 is 0 Å². The van der Waals surface area contributed by atoms with Crippen LogP contribution in [0, 0.1) is 11.3 Å². The second-order valence-electron chi connectivity index (χ2n) is 5.46. The summed E-state index contributed by atoms with van der Waals surface area (Å²) in [4.78, 5) is 0. The van der Waals surface area contributed by atoms with Crippen molar-refractivity contribution in [3.8, 4) is 0 Å². The van der Waals surface area contributed by atoms with Gasteiger partial charge in [0.05, 0.1) is 12.2 Å². The molecule has 3 heteroatoms. The lowest BCUT2D eigenvalue weighted by molar-refractivity contribution is -0.0403. The zero-order valence-corrected chi connectivity index (χ0v) is 9.84. The Hall–Kier alpha value is -0.120. The van der Waals surface area contributed by atoms with E-state index in [2.05, 4.69) is 6.92 Å². The molecule has 84 valence electrons. The third-order valence-corrected chi connectivity index (χ3v) is 3.76. The third-order valence-electron chi connectivity index (χ3n) is 3.76. The highest BCUT2D eigenvalue weighted by Crippen LogP contribution is 2.51. The van der Waals surface area contributed by atoms with Crippen molar-refractivity contribution in [3.63, 3.8) is 0 Å². The van der Waals surface area contributed by atoms with Gasteiger partial charge in [0.15, 0.2) is 0 Å². The first-order chi connectivity index (χ1) is 6.32. The van der Waals surface area contributed by atoms with Crippen molar-refractivity contribution in [1.29, 1.82) is 0 Å². The Morgan fingerprint density at radius 1 is 1.57 bits per heavy atom. The Morgan fingerprint density at radius 2 is 2.14 bits per heavy atom. The maximum atomic E-state index is 5.83. The van der Waals surface area contributed by atoms with Crippen LogP contribution in [0.4, 0.5) is 0 Å². The molecule has 0 saturated heterocycles. The molecular formula is C11H24N2O. The molecule has 0 spiro atoms. The van der Waals surface area contributed by atoms with Crippen LogP contribution < -0.4 is 11.5 Å². The molecular weight excluding hydrogens is 176 g/mol. The number of rotatable bonds is 5. The number of hydrogen-bond donors (Lipinski definition) is 2. The van der Waals surface area contributed by atoms with E-state index < -0.39 is 0 Å². The van der Waals surface area contributed by atoms with E-state index in [4.69, 9.17) is 16.2 Å². The van der Waals surface area contributed by atoms with E-state index in [0.717, 1.165) is 13.2 Å². The van der Waals surface area contributed by atoms with E-state index in [-0.39, 0.29) is 11.6 Å². The summed E-state index contributed by atoms with van der Waals surface area (Å²) in [6.45, 7) is 9.84. The third kappa shape index (κ3) is 2.47. The molecule has 0 aliphatic heterocycles. The monoisotopic (exact) mass is 200 g/mol. The lowest BCUT2D eigenvalue weighted by Gasteiger charge is -2.29. The smallest absolute Gasteiger partial charge is 0.0774 e. The molecule has 3 nitrogen and oxygen atoms in total. The van der Waals surface area contributed by atoms with Gasteiger partial charge in [-0.3, -0.25) is 0 Å². The Balaban J connectivity index is 2.29. The molecule has 0 aromatic carbocycles. The van der Waals surface area contributed by atoms with Crippen molar-refractivity contribution in [2.24, 2.45) is 22.8 Å². The van der Waals surface area contributed by atoms with Crippen molar-refractivity contribution in [1.82, 2.24) is 0 Å². The van der Waals surface area contributed by atoms with Crippen molar-refractivity contribution in [2.75, 3.05) is 13.2 Å². The van der Waals surface area contributed by atoms with Crippen LogP contribution in [-0.4, -0.2) is 24.8 Å². The molecule has 3 atom stereocenters. The quantitative estimate of drug-likeness (QED) is 0.699. The number of ether oxygens (including phenoxy) is 1. The van der Waals surface area contributed by atoms with E-state index >= 15 is 0 Å². The first-order valence-electron chi connectivity index (χ1n) is 5.41. The fourth-order valence-electron chi connectivity index (χ4n) is 1.46. The summed E-state index contributed by atoms with van der Waals surface area (Å²) in [5.41, 5.74) is 11.6. The predicted octanol–water partition coefficient (Wildman–Crippen LogP) is 1.11. The molecule has 0 heterocycles. The molecule has 1 saturated carbocycles. The van der Waals surface area contributed by atoms with E-state index in [1.165, 1.54) is 6.42 Å². The van der Waals surface area contributed by atoms with Gasteiger partial charge in [0.1, 0.15) is 0 Å². The zero-order valence-electron chi connectivity index (χ0n) is 9.84. The van der Waals surface area contributed by atoms with Gasteiger partial charge in [-0.1, -0.05) is 6.92 Å².